The zero-order valence-corrected chi connectivity index (χ0v) is 10.6. The molecule has 0 saturated heterocycles. The zero-order valence-electron chi connectivity index (χ0n) is 10.6. The summed E-state index contributed by atoms with van der Waals surface area (Å²) in [5.41, 5.74) is 1.85. The minimum Gasteiger partial charge on any atom is -0.454 e. The van der Waals surface area contributed by atoms with E-state index in [-0.39, 0.29) is 12.1 Å². The van der Waals surface area contributed by atoms with Gasteiger partial charge in [0.25, 0.3) is 0 Å². The smallest absolute Gasteiger partial charge is 0.339 e. The summed E-state index contributed by atoms with van der Waals surface area (Å²) in [6.07, 6.45) is 4.51. The van der Waals surface area contributed by atoms with Crippen molar-refractivity contribution in [2.24, 2.45) is 5.92 Å². The molecule has 0 spiro atoms. The highest BCUT2D eigenvalue weighted by Crippen LogP contribution is 2.39. The van der Waals surface area contributed by atoms with Gasteiger partial charge in [0, 0.05) is 11.5 Å². The van der Waals surface area contributed by atoms with Gasteiger partial charge in [-0.05, 0) is 18.9 Å². The molecule has 1 aromatic carbocycles. The molecule has 1 aliphatic rings. The molecule has 1 heterocycles. The van der Waals surface area contributed by atoms with Gasteiger partial charge in [0.05, 0.1) is 5.56 Å². The van der Waals surface area contributed by atoms with Crippen LogP contribution in [0.2, 0.25) is 0 Å². The van der Waals surface area contributed by atoms with Crippen LogP contribution in [0, 0.1) is 5.92 Å². The van der Waals surface area contributed by atoms with Crippen molar-refractivity contribution in [2.45, 2.75) is 45.6 Å². The van der Waals surface area contributed by atoms with Gasteiger partial charge in [-0.25, -0.2) is 4.79 Å². The Balaban J connectivity index is 2.25. The minimum absolute atomic E-state index is 0.0152. The zero-order chi connectivity index (χ0) is 12.3. The van der Waals surface area contributed by atoms with E-state index in [0.29, 0.717) is 5.92 Å². The molecule has 2 nitrogen and oxygen atoms in total. The number of benzene rings is 1. The van der Waals surface area contributed by atoms with E-state index < -0.39 is 0 Å². The SMILES string of the molecule is CCCC(CCC)C1OC(=O)c2ccccc21. The van der Waals surface area contributed by atoms with Crippen molar-refractivity contribution < 1.29 is 9.53 Å². The van der Waals surface area contributed by atoms with Crippen molar-refractivity contribution in [1.82, 2.24) is 0 Å². The van der Waals surface area contributed by atoms with E-state index in [4.69, 9.17) is 4.74 Å². The second kappa shape index (κ2) is 5.35. The molecule has 1 unspecified atom stereocenters. The second-order valence-electron chi connectivity index (χ2n) is 4.75. The molecule has 92 valence electrons. The fourth-order valence-electron chi connectivity index (χ4n) is 2.71. The number of ether oxygens (including phenoxy) is 1. The maximum Gasteiger partial charge on any atom is 0.339 e. The maximum atomic E-state index is 11.8. The number of hydrogen-bond donors (Lipinski definition) is 0. The van der Waals surface area contributed by atoms with Crippen LogP contribution in [0.3, 0.4) is 0 Å². The van der Waals surface area contributed by atoms with Gasteiger partial charge < -0.3 is 4.74 Å². The lowest BCUT2D eigenvalue weighted by molar-refractivity contribution is 0.0207. The number of cyclic esters (lactones) is 1. The van der Waals surface area contributed by atoms with Crippen molar-refractivity contribution in [3.63, 3.8) is 0 Å². The van der Waals surface area contributed by atoms with Gasteiger partial charge in [-0.15, -0.1) is 0 Å². The fraction of sp³-hybridized carbons (Fsp3) is 0.533. The predicted octanol–water partition coefficient (Wildman–Crippen LogP) is 4.11. The van der Waals surface area contributed by atoms with E-state index in [1.54, 1.807) is 0 Å². The third-order valence-electron chi connectivity index (χ3n) is 3.47. The van der Waals surface area contributed by atoms with Gasteiger partial charge in [0.1, 0.15) is 6.10 Å². The lowest BCUT2D eigenvalue weighted by atomic mass is 9.88. The van der Waals surface area contributed by atoms with E-state index in [1.807, 2.05) is 24.3 Å². The number of hydrogen-bond acceptors (Lipinski definition) is 2. The van der Waals surface area contributed by atoms with Gasteiger partial charge in [-0.3, -0.25) is 0 Å². The van der Waals surface area contributed by atoms with Gasteiger partial charge in [0.2, 0.25) is 0 Å². The highest BCUT2D eigenvalue weighted by Gasteiger charge is 2.35. The van der Waals surface area contributed by atoms with Crippen molar-refractivity contribution in [3.8, 4) is 0 Å². The Kier molecular flexibility index (Phi) is 3.82. The van der Waals surface area contributed by atoms with Crippen LogP contribution in [0.1, 0.15) is 61.6 Å². The number of esters is 1. The first-order valence-corrected chi connectivity index (χ1v) is 6.57. The van der Waals surface area contributed by atoms with Crippen molar-refractivity contribution in [1.29, 1.82) is 0 Å². The Bertz CT molecular complexity index is 392. The molecule has 17 heavy (non-hydrogen) atoms. The molecule has 0 fully saturated rings. The number of carbonyl (C=O) groups excluding carboxylic acids is 1. The monoisotopic (exact) mass is 232 g/mol. The van der Waals surface area contributed by atoms with E-state index >= 15 is 0 Å². The topological polar surface area (TPSA) is 26.3 Å². The standard InChI is InChI=1S/C15H20O2/c1-3-7-11(8-4-2)14-12-9-5-6-10-13(12)15(16)17-14/h5-6,9-11,14H,3-4,7-8H2,1-2H3. The molecule has 0 aromatic heterocycles. The van der Waals surface area contributed by atoms with Crippen LogP contribution in [0.25, 0.3) is 0 Å². The third kappa shape index (κ3) is 2.36. The van der Waals surface area contributed by atoms with Crippen molar-refractivity contribution >= 4 is 5.97 Å². The van der Waals surface area contributed by atoms with Crippen LogP contribution >= 0.6 is 0 Å². The molecule has 1 aliphatic heterocycles. The Morgan fingerprint density at radius 2 is 1.82 bits per heavy atom. The van der Waals surface area contributed by atoms with Crippen LogP contribution in [-0.2, 0) is 4.74 Å². The molecule has 0 N–H and O–H groups in total. The Morgan fingerprint density at radius 1 is 1.18 bits per heavy atom. The second-order valence-corrected chi connectivity index (χ2v) is 4.75. The van der Waals surface area contributed by atoms with Crippen LogP contribution < -0.4 is 0 Å². The van der Waals surface area contributed by atoms with Gasteiger partial charge in [-0.1, -0.05) is 44.9 Å². The highest BCUT2D eigenvalue weighted by atomic mass is 16.5. The molecule has 0 bridgehead atoms. The normalized spacial score (nSPS) is 18.3. The largest absolute Gasteiger partial charge is 0.454 e. The van der Waals surface area contributed by atoms with E-state index in [0.717, 1.165) is 36.8 Å². The number of fused-ring (bicyclic) bond motifs is 1. The summed E-state index contributed by atoms with van der Waals surface area (Å²) in [5, 5.41) is 0. The first-order chi connectivity index (χ1) is 8.27. The Morgan fingerprint density at radius 3 is 2.47 bits per heavy atom. The first-order valence-electron chi connectivity index (χ1n) is 6.57. The lowest BCUT2D eigenvalue weighted by Gasteiger charge is -2.22. The first kappa shape index (κ1) is 12.2. The summed E-state index contributed by atoms with van der Waals surface area (Å²) < 4.78 is 5.56. The molecule has 0 aliphatic carbocycles. The lowest BCUT2D eigenvalue weighted by Crippen LogP contribution is -2.13. The van der Waals surface area contributed by atoms with Crippen molar-refractivity contribution in [2.75, 3.05) is 0 Å². The molecular weight excluding hydrogens is 212 g/mol. The molecule has 0 saturated carbocycles. The third-order valence-corrected chi connectivity index (χ3v) is 3.47. The molecule has 0 radical (unpaired) electrons. The van der Waals surface area contributed by atoms with Gasteiger partial charge in [-0.2, -0.15) is 0 Å². The molecule has 2 rings (SSSR count). The van der Waals surface area contributed by atoms with Crippen LogP contribution in [0.5, 0.6) is 0 Å². The number of rotatable bonds is 5. The summed E-state index contributed by atoms with van der Waals surface area (Å²) in [6.45, 7) is 4.37. The van der Waals surface area contributed by atoms with Crippen molar-refractivity contribution in [3.05, 3.63) is 35.4 Å². The van der Waals surface area contributed by atoms with Gasteiger partial charge in [0.15, 0.2) is 0 Å². The molecular formula is C15H20O2. The highest BCUT2D eigenvalue weighted by molar-refractivity contribution is 5.94. The molecule has 1 atom stereocenters. The minimum atomic E-state index is -0.150. The molecule has 1 aromatic rings. The Labute approximate surface area is 103 Å². The predicted molar refractivity (Wildman–Crippen MR) is 67.9 cm³/mol. The molecule has 2 heteroatoms. The van der Waals surface area contributed by atoms with E-state index in [9.17, 15) is 4.79 Å². The van der Waals surface area contributed by atoms with E-state index in [2.05, 4.69) is 13.8 Å². The maximum absolute atomic E-state index is 11.8. The Hall–Kier alpha value is -1.31. The average Bonchev–Trinajstić information content (AvgIpc) is 2.67. The fourth-order valence-corrected chi connectivity index (χ4v) is 2.71. The summed E-state index contributed by atoms with van der Waals surface area (Å²) in [4.78, 5) is 11.8. The summed E-state index contributed by atoms with van der Waals surface area (Å²) in [7, 11) is 0. The summed E-state index contributed by atoms with van der Waals surface area (Å²) in [5.74, 6) is 0.320. The molecule has 0 amide bonds. The quantitative estimate of drug-likeness (QED) is 0.714. The van der Waals surface area contributed by atoms with Crippen LogP contribution in [-0.4, -0.2) is 5.97 Å². The average molecular weight is 232 g/mol. The summed E-state index contributed by atoms with van der Waals surface area (Å²) in [6, 6.07) is 7.79. The summed E-state index contributed by atoms with van der Waals surface area (Å²) >= 11 is 0. The van der Waals surface area contributed by atoms with Gasteiger partial charge >= 0.3 is 5.97 Å². The van der Waals surface area contributed by atoms with Crippen LogP contribution in [0.15, 0.2) is 24.3 Å². The van der Waals surface area contributed by atoms with Crippen LogP contribution in [0.4, 0.5) is 0 Å². The van der Waals surface area contributed by atoms with E-state index in [1.165, 1.54) is 0 Å². The number of carbonyl (C=O) groups is 1.